The largest absolute Gasteiger partial charge is 0.497 e. The van der Waals surface area contributed by atoms with Crippen LogP contribution in [0.1, 0.15) is 42.7 Å². The molecule has 6 nitrogen and oxygen atoms in total. The maximum absolute atomic E-state index is 13.8. The Hall–Kier alpha value is -3.16. The van der Waals surface area contributed by atoms with Gasteiger partial charge in [0.25, 0.3) is 5.56 Å². The molecule has 0 N–H and O–H groups in total. The first-order valence-electron chi connectivity index (χ1n) is 11.8. The van der Waals surface area contributed by atoms with Crippen LogP contribution in [0.4, 0.5) is 0 Å². The molecule has 0 saturated carbocycles. The molecule has 4 aromatic rings. The monoisotopic (exact) mass is 487 g/mol. The summed E-state index contributed by atoms with van der Waals surface area (Å²) >= 11 is 1.53. The van der Waals surface area contributed by atoms with Crippen molar-refractivity contribution >= 4 is 22.8 Å². The van der Waals surface area contributed by atoms with Gasteiger partial charge in [0.15, 0.2) is 10.8 Å². The number of aryl methyl sites for hydroxylation is 1. The number of pyridine rings is 1. The van der Waals surface area contributed by atoms with Gasteiger partial charge in [0.1, 0.15) is 5.75 Å². The average Bonchev–Trinajstić information content (AvgIpc) is 2.87. The van der Waals surface area contributed by atoms with Gasteiger partial charge in [0.2, 0.25) is 0 Å². The molecule has 0 unspecified atom stereocenters. The SMILES string of the molecule is CC[C@@]1(C)Cc2nc3nc(SCc4ccc(OC)cc4)n(-c4ccc(C)cc4)c(=O)c3cc2CO1. The van der Waals surface area contributed by atoms with Crippen LogP contribution >= 0.6 is 11.8 Å². The van der Waals surface area contributed by atoms with Gasteiger partial charge >= 0.3 is 0 Å². The zero-order valence-corrected chi connectivity index (χ0v) is 21.3. The van der Waals surface area contributed by atoms with Crippen LogP contribution in [0.3, 0.4) is 0 Å². The summed E-state index contributed by atoms with van der Waals surface area (Å²) in [5, 5.41) is 1.14. The van der Waals surface area contributed by atoms with Crippen molar-refractivity contribution in [1.29, 1.82) is 0 Å². The zero-order chi connectivity index (χ0) is 24.6. The summed E-state index contributed by atoms with van der Waals surface area (Å²) in [7, 11) is 1.66. The molecule has 5 rings (SSSR count). The number of rotatable bonds is 6. The molecular weight excluding hydrogens is 458 g/mol. The highest BCUT2D eigenvalue weighted by Crippen LogP contribution is 2.31. The highest BCUT2D eigenvalue weighted by atomic mass is 32.2. The molecule has 1 atom stereocenters. The first-order chi connectivity index (χ1) is 16.9. The molecule has 3 heterocycles. The number of nitrogens with zero attached hydrogens (tertiary/aromatic N) is 3. The number of methoxy groups -OCH3 is 1. The van der Waals surface area contributed by atoms with Crippen LogP contribution in [0.25, 0.3) is 16.7 Å². The molecular formula is C28H29N3O3S. The van der Waals surface area contributed by atoms with Gasteiger partial charge in [0, 0.05) is 17.7 Å². The summed E-state index contributed by atoms with van der Waals surface area (Å²) in [6, 6.07) is 17.8. The molecule has 2 aromatic carbocycles. The van der Waals surface area contributed by atoms with Crippen LogP contribution in [-0.2, 0) is 23.5 Å². The second-order valence-corrected chi connectivity index (χ2v) is 10.2. The summed E-state index contributed by atoms with van der Waals surface area (Å²) in [6.07, 6.45) is 1.61. The van der Waals surface area contributed by atoms with Crippen LogP contribution in [-0.4, -0.2) is 27.2 Å². The predicted molar refractivity (Wildman–Crippen MR) is 140 cm³/mol. The zero-order valence-electron chi connectivity index (χ0n) is 20.5. The first kappa shape index (κ1) is 23.6. The number of benzene rings is 2. The topological polar surface area (TPSA) is 66.2 Å². The molecule has 0 bridgehead atoms. The lowest BCUT2D eigenvalue weighted by Gasteiger charge is -2.33. The lowest BCUT2D eigenvalue weighted by molar-refractivity contribution is -0.0573. The summed E-state index contributed by atoms with van der Waals surface area (Å²) < 4.78 is 13.1. The summed E-state index contributed by atoms with van der Waals surface area (Å²) in [6.45, 7) is 6.73. The molecule has 2 aromatic heterocycles. The Morgan fingerprint density at radius 3 is 2.54 bits per heavy atom. The predicted octanol–water partition coefficient (Wildman–Crippen LogP) is 5.63. The number of ether oxygens (including phenoxy) is 2. The third kappa shape index (κ3) is 4.70. The maximum Gasteiger partial charge on any atom is 0.268 e. The van der Waals surface area contributed by atoms with Crippen LogP contribution in [0, 0.1) is 6.92 Å². The van der Waals surface area contributed by atoms with E-state index in [1.54, 1.807) is 11.7 Å². The van der Waals surface area contributed by atoms with Crippen molar-refractivity contribution in [3.8, 4) is 11.4 Å². The molecule has 0 amide bonds. The second-order valence-electron chi connectivity index (χ2n) is 9.24. The number of fused-ring (bicyclic) bond motifs is 2. The van der Waals surface area contributed by atoms with E-state index in [4.69, 9.17) is 19.4 Å². The molecule has 180 valence electrons. The van der Waals surface area contributed by atoms with E-state index in [-0.39, 0.29) is 11.2 Å². The van der Waals surface area contributed by atoms with Gasteiger partial charge in [-0.15, -0.1) is 0 Å². The highest BCUT2D eigenvalue weighted by Gasteiger charge is 2.31. The quantitative estimate of drug-likeness (QED) is 0.259. The molecule has 0 saturated heterocycles. The van der Waals surface area contributed by atoms with Gasteiger partial charge in [-0.1, -0.05) is 48.5 Å². The molecule has 7 heteroatoms. The second kappa shape index (κ2) is 9.47. The fraction of sp³-hybridized carbons (Fsp3) is 0.321. The number of hydrogen-bond donors (Lipinski definition) is 0. The van der Waals surface area contributed by atoms with Crippen molar-refractivity contribution in [3.05, 3.63) is 87.3 Å². The fourth-order valence-electron chi connectivity index (χ4n) is 4.22. The smallest absolute Gasteiger partial charge is 0.268 e. The van der Waals surface area contributed by atoms with E-state index in [9.17, 15) is 4.79 Å². The number of aromatic nitrogens is 3. The summed E-state index contributed by atoms with van der Waals surface area (Å²) in [5.41, 5.74) is 5.13. The van der Waals surface area contributed by atoms with Crippen molar-refractivity contribution in [2.24, 2.45) is 0 Å². The van der Waals surface area contributed by atoms with Gasteiger partial charge in [0.05, 0.1) is 36.1 Å². The van der Waals surface area contributed by atoms with Crippen LogP contribution in [0.15, 0.2) is 64.5 Å². The van der Waals surface area contributed by atoms with Gasteiger partial charge in [-0.05, 0) is 56.2 Å². The molecule has 1 aliphatic rings. The van der Waals surface area contributed by atoms with Gasteiger partial charge < -0.3 is 9.47 Å². The Morgan fingerprint density at radius 2 is 1.86 bits per heavy atom. The lowest BCUT2D eigenvalue weighted by atomic mass is 9.91. The van der Waals surface area contributed by atoms with E-state index in [2.05, 4.69) is 13.8 Å². The third-order valence-electron chi connectivity index (χ3n) is 6.68. The number of hydrogen-bond acceptors (Lipinski definition) is 6. The standard InChI is InChI=1S/C28H29N3O3S/c1-5-28(3)15-24-20(16-34-28)14-23-25(29-24)30-27(35-17-19-8-12-22(33-4)13-9-19)31(26(23)32)21-10-6-18(2)7-11-21/h6-14H,5,15-17H2,1-4H3/t28-/m0/s1. The molecule has 0 spiro atoms. The molecule has 0 radical (unpaired) electrons. The minimum absolute atomic E-state index is 0.116. The van der Waals surface area contributed by atoms with E-state index in [1.165, 1.54) is 11.8 Å². The summed E-state index contributed by atoms with van der Waals surface area (Å²) in [5.74, 6) is 1.48. The Balaban J connectivity index is 1.61. The molecule has 1 aliphatic heterocycles. The Bertz CT molecular complexity index is 1430. The Kier molecular flexibility index (Phi) is 6.38. The molecule has 35 heavy (non-hydrogen) atoms. The van der Waals surface area contributed by atoms with Crippen molar-refractivity contribution in [2.75, 3.05) is 7.11 Å². The van der Waals surface area contributed by atoms with Crippen LogP contribution in [0.2, 0.25) is 0 Å². The normalized spacial score (nSPS) is 17.4. The van der Waals surface area contributed by atoms with Crippen LogP contribution < -0.4 is 10.3 Å². The van der Waals surface area contributed by atoms with Crippen molar-refractivity contribution in [1.82, 2.24) is 14.5 Å². The van der Waals surface area contributed by atoms with Gasteiger partial charge in [-0.2, -0.15) is 0 Å². The Morgan fingerprint density at radius 1 is 1.11 bits per heavy atom. The van der Waals surface area contributed by atoms with E-state index in [0.29, 0.717) is 35.0 Å². The third-order valence-corrected chi connectivity index (χ3v) is 7.69. The lowest BCUT2D eigenvalue weighted by Crippen LogP contribution is -2.35. The average molecular weight is 488 g/mol. The van der Waals surface area contributed by atoms with Crippen molar-refractivity contribution in [2.45, 2.75) is 56.7 Å². The van der Waals surface area contributed by atoms with E-state index in [1.807, 2.05) is 61.5 Å². The minimum Gasteiger partial charge on any atom is -0.497 e. The first-order valence-corrected chi connectivity index (χ1v) is 12.8. The maximum atomic E-state index is 13.8. The van der Waals surface area contributed by atoms with E-state index >= 15 is 0 Å². The highest BCUT2D eigenvalue weighted by molar-refractivity contribution is 7.98. The minimum atomic E-state index is -0.240. The molecule has 0 aliphatic carbocycles. The summed E-state index contributed by atoms with van der Waals surface area (Å²) in [4.78, 5) is 23.6. The van der Waals surface area contributed by atoms with Gasteiger partial charge in [-0.25, -0.2) is 9.97 Å². The van der Waals surface area contributed by atoms with Crippen LogP contribution in [0.5, 0.6) is 5.75 Å². The number of thioether (sulfide) groups is 1. The van der Waals surface area contributed by atoms with Crippen molar-refractivity contribution in [3.63, 3.8) is 0 Å². The van der Waals surface area contributed by atoms with E-state index < -0.39 is 0 Å². The van der Waals surface area contributed by atoms with E-state index in [0.717, 1.165) is 40.2 Å². The Labute approximate surface area is 209 Å². The van der Waals surface area contributed by atoms with Crippen molar-refractivity contribution < 1.29 is 9.47 Å². The molecule has 0 fully saturated rings. The van der Waals surface area contributed by atoms with Gasteiger partial charge in [-0.3, -0.25) is 9.36 Å². The fourth-order valence-corrected chi connectivity index (χ4v) is 5.18.